The molecule has 128 valence electrons. The second-order valence-corrected chi connectivity index (χ2v) is 6.49. The van der Waals surface area contributed by atoms with Gasteiger partial charge in [-0.25, -0.2) is 0 Å². The minimum atomic E-state index is -0.201. The van der Waals surface area contributed by atoms with E-state index in [4.69, 9.17) is 0 Å². The van der Waals surface area contributed by atoms with E-state index in [1.807, 2.05) is 35.7 Å². The van der Waals surface area contributed by atoms with Crippen molar-refractivity contribution in [2.24, 2.45) is 0 Å². The Morgan fingerprint density at radius 2 is 1.84 bits per heavy atom. The van der Waals surface area contributed by atoms with Crippen molar-refractivity contribution in [3.63, 3.8) is 0 Å². The van der Waals surface area contributed by atoms with Crippen LogP contribution in [0.1, 0.15) is 5.56 Å². The van der Waals surface area contributed by atoms with Gasteiger partial charge in [-0.2, -0.15) is 0 Å². The van der Waals surface area contributed by atoms with Crippen molar-refractivity contribution >= 4 is 35.0 Å². The first-order valence-corrected chi connectivity index (χ1v) is 8.84. The summed E-state index contributed by atoms with van der Waals surface area (Å²) in [4.78, 5) is 28.0. The number of rotatable bonds is 4. The number of anilines is 1. The highest BCUT2D eigenvalue weighted by atomic mass is 32.2. The molecule has 0 radical (unpaired) electrons. The van der Waals surface area contributed by atoms with Crippen molar-refractivity contribution in [1.82, 2.24) is 4.90 Å². The number of nitrogens with zero attached hydrogens (tertiary/aromatic N) is 2. The highest BCUT2D eigenvalue weighted by Gasteiger charge is 2.26. The Kier molecular flexibility index (Phi) is 5.09. The standard InChI is InChI=1S/C19H18N2O3S/c1-20(15-7-9-16(22)10-8-15)18(23)11-21-17(12-25-13-19(21)24)14-5-3-2-4-6-14/h2-10,12,22H,11,13H2,1H3. The molecule has 0 bridgehead atoms. The van der Waals surface area contributed by atoms with Gasteiger partial charge in [0.2, 0.25) is 11.8 Å². The van der Waals surface area contributed by atoms with Gasteiger partial charge in [0.15, 0.2) is 0 Å². The van der Waals surface area contributed by atoms with Gasteiger partial charge in [-0.05, 0) is 35.2 Å². The molecule has 2 amide bonds. The summed E-state index contributed by atoms with van der Waals surface area (Å²) >= 11 is 1.44. The summed E-state index contributed by atoms with van der Waals surface area (Å²) in [6.07, 6.45) is 0. The normalized spacial score (nSPS) is 14.2. The predicted molar refractivity (Wildman–Crippen MR) is 100 cm³/mol. The van der Waals surface area contributed by atoms with E-state index in [9.17, 15) is 14.7 Å². The number of aromatic hydroxyl groups is 1. The van der Waals surface area contributed by atoms with Crippen molar-refractivity contribution in [2.75, 3.05) is 24.2 Å². The zero-order chi connectivity index (χ0) is 17.8. The number of hydrogen-bond donors (Lipinski definition) is 1. The summed E-state index contributed by atoms with van der Waals surface area (Å²) in [6.45, 7) is -0.0303. The van der Waals surface area contributed by atoms with E-state index in [2.05, 4.69) is 0 Å². The maximum absolute atomic E-state index is 12.7. The van der Waals surface area contributed by atoms with Crippen LogP contribution in [0.4, 0.5) is 5.69 Å². The molecule has 0 aliphatic carbocycles. The molecule has 5 nitrogen and oxygen atoms in total. The van der Waals surface area contributed by atoms with E-state index >= 15 is 0 Å². The Labute approximate surface area is 150 Å². The van der Waals surface area contributed by atoms with Crippen molar-refractivity contribution < 1.29 is 14.7 Å². The Morgan fingerprint density at radius 1 is 1.16 bits per heavy atom. The molecule has 1 N–H and O–H groups in total. The summed E-state index contributed by atoms with van der Waals surface area (Å²) in [5, 5.41) is 11.3. The first kappa shape index (κ1) is 17.1. The zero-order valence-electron chi connectivity index (χ0n) is 13.8. The summed E-state index contributed by atoms with van der Waals surface area (Å²) in [5.74, 6) is 0.181. The summed E-state index contributed by atoms with van der Waals surface area (Å²) in [5.41, 5.74) is 2.31. The van der Waals surface area contributed by atoms with Gasteiger partial charge in [0.1, 0.15) is 12.3 Å². The van der Waals surface area contributed by atoms with E-state index in [-0.39, 0.29) is 24.1 Å². The third kappa shape index (κ3) is 3.85. The molecule has 0 spiro atoms. The number of likely N-dealkylation sites (N-methyl/N-ethyl adjacent to an activating group) is 1. The van der Waals surface area contributed by atoms with Gasteiger partial charge in [0.25, 0.3) is 0 Å². The number of amides is 2. The second-order valence-electron chi connectivity index (χ2n) is 5.63. The molecule has 3 rings (SSSR count). The fourth-order valence-electron chi connectivity index (χ4n) is 2.54. The largest absolute Gasteiger partial charge is 0.508 e. The predicted octanol–water partition coefficient (Wildman–Crippen LogP) is 2.93. The lowest BCUT2D eigenvalue weighted by Gasteiger charge is -2.30. The molecule has 1 aliphatic heterocycles. The van der Waals surface area contributed by atoms with E-state index in [0.29, 0.717) is 11.4 Å². The Hall–Kier alpha value is -2.73. The quantitative estimate of drug-likeness (QED) is 0.917. The van der Waals surface area contributed by atoms with E-state index in [1.54, 1.807) is 19.2 Å². The number of benzene rings is 2. The fourth-order valence-corrected chi connectivity index (χ4v) is 3.34. The maximum atomic E-state index is 12.7. The van der Waals surface area contributed by atoms with Gasteiger partial charge >= 0.3 is 0 Å². The second kappa shape index (κ2) is 7.44. The third-order valence-electron chi connectivity index (χ3n) is 3.97. The van der Waals surface area contributed by atoms with Crippen LogP contribution in [0.25, 0.3) is 5.70 Å². The first-order valence-electron chi connectivity index (χ1n) is 7.79. The zero-order valence-corrected chi connectivity index (χ0v) is 14.6. The lowest BCUT2D eigenvalue weighted by molar-refractivity contribution is -0.129. The van der Waals surface area contributed by atoms with Crippen LogP contribution in [0.3, 0.4) is 0 Å². The Bertz CT molecular complexity index is 803. The summed E-state index contributed by atoms with van der Waals surface area (Å²) < 4.78 is 0. The third-order valence-corrected chi connectivity index (χ3v) is 4.77. The Morgan fingerprint density at radius 3 is 2.52 bits per heavy atom. The highest BCUT2D eigenvalue weighted by molar-refractivity contribution is 8.03. The molecule has 2 aromatic rings. The molecule has 0 aromatic heterocycles. The van der Waals surface area contributed by atoms with Gasteiger partial charge in [0, 0.05) is 12.7 Å². The van der Waals surface area contributed by atoms with Gasteiger partial charge in [-0.3, -0.25) is 9.59 Å². The minimum Gasteiger partial charge on any atom is -0.508 e. The summed E-state index contributed by atoms with van der Waals surface area (Å²) in [6, 6.07) is 15.9. The molecule has 6 heteroatoms. The van der Waals surface area contributed by atoms with Crippen molar-refractivity contribution in [1.29, 1.82) is 0 Å². The molecule has 0 atom stereocenters. The number of phenolic OH excluding ortho intramolecular Hbond substituents is 1. The lowest BCUT2D eigenvalue weighted by atomic mass is 10.1. The number of carbonyl (C=O) groups excluding carboxylic acids is 2. The number of carbonyl (C=O) groups is 2. The molecule has 0 unspecified atom stereocenters. The van der Waals surface area contributed by atoms with Gasteiger partial charge in [0.05, 0.1) is 11.4 Å². The number of hydrogen-bond acceptors (Lipinski definition) is 4. The first-order chi connectivity index (χ1) is 12.1. The van der Waals surface area contributed by atoms with Crippen LogP contribution in [0.15, 0.2) is 60.0 Å². The van der Waals surface area contributed by atoms with Gasteiger partial charge in [-0.1, -0.05) is 30.3 Å². The molecular formula is C19H18N2O3S. The smallest absolute Gasteiger partial charge is 0.246 e. The van der Waals surface area contributed by atoms with Crippen molar-refractivity contribution in [3.8, 4) is 5.75 Å². The van der Waals surface area contributed by atoms with Crippen LogP contribution in [0, 0.1) is 0 Å². The molecular weight excluding hydrogens is 336 g/mol. The van der Waals surface area contributed by atoms with Crippen LogP contribution < -0.4 is 4.90 Å². The summed E-state index contributed by atoms with van der Waals surface area (Å²) in [7, 11) is 1.66. The van der Waals surface area contributed by atoms with Crippen LogP contribution in [-0.4, -0.2) is 41.2 Å². The highest BCUT2D eigenvalue weighted by Crippen LogP contribution is 2.28. The average Bonchev–Trinajstić information content (AvgIpc) is 2.64. The average molecular weight is 354 g/mol. The number of thioether (sulfide) groups is 1. The van der Waals surface area contributed by atoms with Crippen molar-refractivity contribution in [3.05, 3.63) is 65.6 Å². The Balaban J connectivity index is 1.80. The van der Waals surface area contributed by atoms with Gasteiger partial charge < -0.3 is 14.9 Å². The molecule has 0 fully saturated rings. The molecule has 0 saturated heterocycles. The van der Waals surface area contributed by atoms with Crippen molar-refractivity contribution in [2.45, 2.75) is 0 Å². The van der Waals surface area contributed by atoms with E-state index in [1.165, 1.54) is 33.7 Å². The van der Waals surface area contributed by atoms with Crippen LogP contribution >= 0.6 is 11.8 Å². The van der Waals surface area contributed by atoms with Crippen LogP contribution in [-0.2, 0) is 9.59 Å². The molecule has 2 aromatic carbocycles. The monoisotopic (exact) mass is 354 g/mol. The van der Waals surface area contributed by atoms with E-state index < -0.39 is 0 Å². The van der Waals surface area contributed by atoms with Crippen LogP contribution in [0.5, 0.6) is 5.75 Å². The van der Waals surface area contributed by atoms with E-state index in [0.717, 1.165) is 11.3 Å². The molecule has 1 heterocycles. The van der Waals surface area contributed by atoms with Gasteiger partial charge in [-0.15, -0.1) is 11.8 Å². The number of phenols is 1. The molecule has 0 saturated carbocycles. The minimum absolute atomic E-state index is 0.0303. The SMILES string of the molecule is CN(C(=O)CN1C(=O)CSC=C1c1ccccc1)c1ccc(O)cc1. The molecule has 1 aliphatic rings. The maximum Gasteiger partial charge on any atom is 0.246 e. The topological polar surface area (TPSA) is 60.9 Å². The van der Waals surface area contributed by atoms with Crippen LogP contribution in [0.2, 0.25) is 0 Å². The lowest BCUT2D eigenvalue weighted by Crippen LogP contribution is -2.42. The molecule has 25 heavy (non-hydrogen) atoms. The fraction of sp³-hybridized carbons (Fsp3) is 0.158.